The molecule has 2 rings (SSSR count). The molecule has 1 saturated carbocycles. The normalized spacial score (nSPS) is 15.5. The molecule has 0 radical (unpaired) electrons. The van der Waals surface area contributed by atoms with E-state index in [2.05, 4.69) is 10.3 Å². The highest BCUT2D eigenvalue weighted by Gasteiger charge is 2.24. The van der Waals surface area contributed by atoms with Crippen LogP contribution in [0.3, 0.4) is 0 Å². The molecule has 0 aliphatic heterocycles. The predicted octanol–water partition coefficient (Wildman–Crippen LogP) is 1.30. The second-order valence-corrected chi connectivity index (χ2v) is 5.37. The summed E-state index contributed by atoms with van der Waals surface area (Å²) in [5.41, 5.74) is 5.77. The first-order valence-electron chi connectivity index (χ1n) is 7.67. The third-order valence-corrected chi connectivity index (χ3v) is 3.54. The van der Waals surface area contributed by atoms with Gasteiger partial charge in [0.25, 0.3) is 0 Å². The summed E-state index contributed by atoms with van der Waals surface area (Å²) in [4.78, 5) is 23.6. The molecule has 122 valence electrons. The smallest absolute Gasteiger partial charge is 0.363 e. The van der Waals surface area contributed by atoms with Gasteiger partial charge in [-0.05, 0) is 32.1 Å². The number of carbonyl (C=O) groups is 2. The lowest BCUT2D eigenvalue weighted by Crippen LogP contribution is -2.22. The average molecular weight is 310 g/mol. The minimum atomic E-state index is -0.586. The lowest BCUT2D eigenvalue weighted by Gasteiger charge is -2.21. The van der Waals surface area contributed by atoms with Crippen molar-refractivity contribution in [2.45, 2.75) is 58.1 Å². The molecule has 2 N–H and O–H groups in total. The van der Waals surface area contributed by atoms with E-state index in [0.717, 1.165) is 36.8 Å². The van der Waals surface area contributed by atoms with E-state index in [4.69, 9.17) is 15.2 Å². The van der Waals surface area contributed by atoms with E-state index in [9.17, 15) is 9.59 Å². The number of ether oxygens (including phenoxy) is 2. The molecule has 0 atom stereocenters. The molecule has 1 aromatic heterocycles. The van der Waals surface area contributed by atoms with E-state index in [1.54, 1.807) is 0 Å². The van der Waals surface area contributed by atoms with Crippen molar-refractivity contribution >= 4 is 17.8 Å². The zero-order valence-corrected chi connectivity index (χ0v) is 12.8. The number of hydrogen-bond acceptors (Lipinski definition) is 7. The van der Waals surface area contributed by atoms with E-state index in [0.29, 0.717) is 6.61 Å². The van der Waals surface area contributed by atoms with Crippen LogP contribution in [0.2, 0.25) is 0 Å². The first-order valence-corrected chi connectivity index (χ1v) is 7.67. The third-order valence-electron chi connectivity index (χ3n) is 3.54. The van der Waals surface area contributed by atoms with Gasteiger partial charge in [0, 0.05) is 0 Å². The van der Waals surface area contributed by atoms with Crippen molar-refractivity contribution < 1.29 is 19.1 Å². The minimum Gasteiger partial charge on any atom is -0.464 e. The Hall–Kier alpha value is -2.12. The van der Waals surface area contributed by atoms with Gasteiger partial charge in [0.15, 0.2) is 5.82 Å². The van der Waals surface area contributed by atoms with Gasteiger partial charge in [-0.2, -0.15) is 0 Å². The highest BCUT2D eigenvalue weighted by Crippen LogP contribution is 2.22. The Morgan fingerprint density at radius 2 is 2.05 bits per heavy atom. The van der Waals surface area contributed by atoms with Gasteiger partial charge in [-0.1, -0.05) is 18.6 Å². The number of hydrogen-bond donors (Lipinski definition) is 1. The molecule has 0 saturated heterocycles. The molecule has 0 aromatic carbocycles. The minimum absolute atomic E-state index is 0.0225. The average Bonchev–Trinajstić information content (AvgIpc) is 2.87. The fraction of sp³-hybridized carbons (Fsp3) is 0.714. The Morgan fingerprint density at radius 1 is 1.32 bits per heavy atom. The summed E-state index contributed by atoms with van der Waals surface area (Å²) in [6.07, 6.45) is 5.67. The molecular formula is C14H22N4O4. The fourth-order valence-corrected chi connectivity index (χ4v) is 2.36. The lowest BCUT2D eigenvalue weighted by molar-refractivity contribution is -0.144. The van der Waals surface area contributed by atoms with E-state index in [-0.39, 0.29) is 24.2 Å². The van der Waals surface area contributed by atoms with Gasteiger partial charge in [-0.25, -0.2) is 9.48 Å². The van der Waals surface area contributed by atoms with Gasteiger partial charge in [0.2, 0.25) is 5.69 Å². The van der Waals surface area contributed by atoms with Crippen LogP contribution in [-0.4, -0.2) is 39.6 Å². The molecule has 1 aliphatic rings. The van der Waals surface area contributed by atoms with Crippen molar-refractivity contribution in [2.24, 2.45) is 0 Å². The maximum absolute atomic E-state index is 12.1. The Balaban J connectivity index is 1.94. The molecule has 22 heavy (non-hydrogen) atoms. The Labute approximate surface area is 128 Å². The maximum Gasteiger partial charge on any atom is 0.363 e. The molecule has 1 aliphatic carbocycles. The predicted molar refractivity (Wildman–Crippen MR) is 78.0 cm³/mol. The maximum atomic E-state index is 12.1. The van der Waals surface area contributed by atoms with Crippen molar-refractivity contribution in [3.8, 4) is 0 Å². The van der Waals surface area contributed by atoms with Crippen LogP contribution in [0.5, 0.6) is 0 Å². The molecule has 1 fully saturated rings. The third kappa shape index (κ3) is 4.19. The van der Waals surface area contributed by atoms with Crippen LogP contribution < -0.4 is 5.73 Å². The lowest BCUT2D eigenvalue weighted by atomic mass is 9.98. The molecule has 1 aromatic rings. The molecule has 0 amide bonds. The number of nitrogens with two attached hydrogens (primary N) is 1. The van der Waals surface area contributed by atoms with E-state index in [1.807, 2.05) is 6.92 Å². The van der Waals surface area contributed by atoms with Crippen molar-refractivity contribution in [3.63, 3.8) is 0 Å². The van der Waals surface area contributed by atoms with Gasteiger partial charge in [0.1, 0.15) is 12.6 Å². The van der Waals surface area contributed by atoms with Crippen molar-refractivity contribution in [3.05, 3.63) is 5.69 Å². The van der Waals surface area contributed by atoms with Crippen LogP contribution in [0.15, 0.2) is 0 Å². The highest BCUT2D eigenvalue weighted by molar-refractivity contribution is 5.92. The first kappa shape index (κ1) is 16.3. The number of nitrogens with zero attached hydrogens (tertiary/aromatic N) is 3. The standard InChI is InChI=1S/C14H22N4O4/c1-2-8-21-11(19)9-18-13(15)12(16-17-18)14(20)22-10-6-4-3-5-7-10/h10H,2-9,15H2,1H3. The summed E-state index contributed by atoms with van der Waals surface area (Å²) in [5, 5.41) is 7.44. The van der Waals surface area contributed by atoms with E-state index in [1.165, 1.54) is 6.42 Å². The quantitative estimate of drug-likeness (QED) is 0.789. The zero-order valence-electron chi connectivity index (χ0n) is 12.8. The SMILES string of the molecule is CCCOC(=O)Cn1nnc(C(=O)OC2CCCCC2)c1N. The summed E-state index contributed by atoms with van der Waals surface area (Å²) < 4.78 is 11.5. The molecule has 0 spiro atoms. The fourth-order valence-electron chi connectivity index (χ4n) is 2.36. The molecule has 0 bridgehead atoms. The van der Waals surface area contributed by atoms with Crippen molar-refractivity contribution in [1.82, 2.24) is 15.0 Å². The summed E-state index contributed by atoms with van der Waals surface area (Å²) in [5.74, 6) is -1.03. The topological polar surface area (TPSA) is 109 Å². The largest absolute Gasteiger partial charge is 0.464 e. The number of aromatic nitrogens is 3. The number of rotatable bonds is 6. The summed E-state index contributed by atoms with van der Waals surface area (Å²) in [7, 11) is 0. The van der Waals surface area contributed by atoms with Gasteiger partial charge >= 0.3 is 11.9 Å². The monoisotopic (exact) mass is 310 g/mol. The second kappa shape index (κ2) is 7.77. The summed E-state index contributed by atoms with van der Waals surface area (Å²) in [6, 6.07) is 0. The molecular weight excluding hydrogens is 288 g/mol. The van der Waals surface area contributed by atoms with Gasteiger partial charge in [-0.15, -0.1) is 5.10 Å². The van der Waals surface area contributed by atoms with Gasteiger partial charge in [-0.3, -0.25) is 4.79 Å². The van der Waals surface area contributed by atoms with Crippen LogP contribution in [0.1, 0.15) is 55.9 Å². The molecule has 1 heterocycles. The zero-order chi connectivity index (χ0) is 15.9. The highest BCUT2D eigenvalue weighted by atomic mass is 16.5. The van der Waals surface area contributed by atoms with Crippen LogP contribution in [0.4, 0.5) is 5.82 Å². The summed E-state index contributed by atoms with van der Waals surface area (Å²) >= 11 is 0. The first-order chi connectivity index (χ1) is 10.6. The van der Waals surface area contributed by atoms with E-state index < -0.39 is 11.9 Å². The van der Waals surface area contributed by atoms with Crippen molar-refractivity contribution in [2.75, 3.05) is 12.3 Å². The Bertz CT molecular complexity index is 523. The van der Waals surface area contributed by atoms with E-state index >= 15 is 0 Å². The number of carbonyl (C=O) groups excluding carboxylic acids is 2. The van der Waals surface area contributed by atoms with Crippen LogP contribution in [0.25, 0.3) is 0 Å². The Morgan fingerprint density at radius 3 is 2.73 bits per heavy atom. The van der Waals surface area contributed by atoms with Crippen LogP contribution in [-0.2, 0) is 20.8 Å². The van der Waals surface area contributed by atoms with Gasteiger partial charge < -0.3 is 15.2 Å². The molecule has 8 heteroatoms. The summed E-state index contributed by atoms with van der Waals surface area (Å²) in [6.45, 7) is 2.07. The number of nitrogen functional groups attached to an aromatic ring is 1. The second-order valence-electron chi connectivity index (χ2n) is 5.37. The van der Waals surface area contributed by atoms with Crippen LogP contribution in [0, 0.1) is 0 Å². The van der Waals surface area contributed by atoms with Gasteiger partial charge in [0.05, 0.1) is 6.61 Å². The molecule has 0 unspecified atom stereocenters. The number of anilines is 1. The number of esters is 2. The van der Waals surface area contributed by atoms with Crippen LogP contribution >= 0.6 is 0 Å². The Kier molecular flexibility index (Phi) is 5.74. The molecule has 8 nitrogen and oxygen atoms in total. The van der Waals surface area contributed by atoms with Crippen molar-refractivity contribution in [1.29, 1.82) is 0 Å².